The van der Waals surface area contributed by atoms with E-state index in [1.807, 2.05) is 4.90 Å². The zero-order chi connectivity index (χ0) is 10.2. The van der Waals surface area contributed by atoms with Crippen LogP contribution in [0.5, 0.6) is 0 Å². The summed E-state index contributed by atoms with van der Waals surface area (Å²) in [6, 6.07) is 0. The van der Waals surface area contributed by atoms with Gasteiger partial charge in [-0.1, -0.05) is 13.8 Å². The number of carbonyl (C=O) groups is 1. The summed E-state index contributed by atoms with van der Waals surface area (Å²) in [6.45, 7) is 6.37. The van der Waals surface area contributed by atoms with Gasteiger partial charge in [0.1, 0.15) is 0 Å². The van der Waals surface area contributed by atoms with Crippen molar-refractivity contribution in [3.63, 3.8) is 0 Å². The van der Waals surface area contributed by atoms with Crippen molar-refractivity contribution in [2.75, 3.05) is 13.1 Å². The number of hydrogen-bond acceptors (Lipinski definition) is 2. The number of amides is 1. The van der Waals surface area contributed by atoms with Crippen molar-refractivity contribution >= 4 is 5.91 Å². The van der Waals surface area contributed by atoms with Crippen molar-refractivity contribution in [1.82, 2.24) is 10.2 Å². The Kier molecular flexibility index (Phi) is 2.52. The molecule has 2 aliphatic heterocycles. The molecule has 1 N–H and O–H groups in total. The SMILES string of the molecule is CC1(C)CCN(C2CCCN2)C(=O)C1. The molecule has 0 radical (unpaired) electrons. The Morgan fingerprint density at radius 3 is 2.86 bits per heavy atom. The first-order valence-corrected chi connectivity index (χ1v) is 5.61. The molecule has 1 atom stereocenters. The third kappa shape index (κ3) is 1.92. The van der Waals surface area contributed by atoms with Crippen LogP contribution in [-0.2, 0) is 4.79 Å². The molecule has 2 aliphatic rings. The van der Waals surface area contributed by atoms with Gasteiger partial charge in [-0.25, -0.2) is 0 Å². The Morgan fingerprint density at radius 2 is 2.29 bits per heavy atom. The van der Waals surface area contributed by atoms with Crippen LogP contribution in [0.25, 0.3) is 0 Å². The molecular formula is C11H20N2O. The van der Waals surface area contributed by atoms with Crippen LogP contribution in [0.2, 0.25) is 0 Å². The van der Waals surface area contributed by atoms with E-state index in [0.717, 1.165) is 25.9 Å². The lowest BCUT2D eigenvalue weighted by molar-refractivity contribution is -0.140. The monoisotopic (exact) mass is 196 g/mol. The number of rotatable bonds is 1. The molecule has 80 valence electrons. The minimum atomic E-state index is 0.214. The van der Waals surface area contributed by atoms with Crippen molar-refractivity contribution in [2.45, 2.75) is 45.7 Å². The summed E-state index contributed by atoms with van der Waals surface area (Å²) in [6.07, 6.45) is 4.52. The Balaban J connectivity index is 1.98. The molecule has 0 bridgehead atoms. The van der Waals surface area contributed by atoms with Gasteiger partial charge >= 0.3 is 0 Å². The van der Waals surface area contributed by atoms with Crippen molar-refractivity contribution in [3.8, 4) is 0 Å². The van der Waals surface area contributed by atoms with Crippen LogP contribution in [0, 0.1) is 5.41 Å². The summed E-state index contributed by atoms with van der Waals surface area (Å²) in [4.78, 5) is 13.9. The molecule has 0 aromatic heterocycles. The fourth-order valence-corrected chi connectivity index (χ4v) is 2.41. The standard InChI is InChI=1S/C11H20N2O/c1-11(2)5-7-13(10(14)8-11)9-4-3-6-12-9/h9,12H,3-8H2,1-2H3. The second kappa shape index (κ2) is 3.54. The molecule has 0 aromatic carbocycles. The third-order valence-electron chi connectivity index (χ3n) is 3.39. The third-order valence-corrected chi connectivity index (χ3v) is 3.39. The molecule has 0 saturated carbocycles. The zero-order valence-corrected chi connectivity index (χ0v) is 9.18. The van der Waals surface area contributed by atoms with Crippen LogP contribution in [0.3, 0.4) is 0 Å². The molecule has 2 fully saturated rings. The molecular weight excluding hydrogens is 176 g/mol. The van der Waals surface area contributed by atoms with Crippen molar-refractivity contribution < 1.29 is 4.79 Å². The predicted octanol–water partition coefficient (Wildman–Crippen LogP) is 1.34. The van der Waals surface area contributed by atoms with Gasteiger partial charge in [-0.3, -0.25) is 10.1 Å². The van der Waals surface area contributed by atoms with E-state index in [4.69, 9.17) is 0 Å². The molecule has 2 saturated heterocycles. The lowest BCUT2D eigenvalue weighted by Gasteiger charge is -2.39. The van der Waals surface area contributed by atoms with E-state index in [9.17, 15) is 4.79 Å². The summed E-state index contributed by atoms with van der Waals surface area (Å²) in [5, 5.41) is 3.39. The lowest BCUT2D eigenvalue weighted by atomic mass is 9.82. The van der Waals surface area contributed by atoms with Crippen molar-refractivity contribution in [2.24, 2.45) is 5.41 Å². The van der Waals surface area contributed by atoms with Crippen LogP contribution >= 0.6 is 0 Å². The van der Waals surface area contributed by atoms with Crippen LogP contribution in [0.1, 0.15) is 39.5 Å². The van der Waals surface area contributed by atoms with Gasteiger partial charge in [0.25, 0.3) is 0 Å². The Hall–Kier alpha value is -0.570. The highest BCUT2D eigenvalue weighted by atomic mass is 16.2. The number of nitrogens with zero attached hydrogens (tertiary/aromatic N) is 1. The molecule has 0 spiro atoms. The number of hydrogen-bond donors (Lipinski definition) is 1. The van der Waals surface area contributed by atoms with Gasteiger partial charge in [-0.2, -0.15) is 0 Å². The van der Waals surface area contributed by atoms with Gasteiger partial charge in [-0.15, -0.1) is 0 Å². The first-order chi connectivity index (χ1) is 6.58. The topological polar surface area (TPSA) is 32.3 Å². The fraction of sp³-hybridized carbons (Fsp3) is 0.909. The van der Waals surface area contributed by atoms with Gasteiger partial charge in [0.15, 0.2) is 0 Å². The Bertz CT molecular complexity index is 231. The first-order valence-electron chi connectivity index (χ1n) is 5.61. The van der Waals surface area contributed by atoms with Crippen molar-refractivity contribution in [3.05, 3.63) is 0 Å². The van der Waals surface area contributed by atoms with Crippen molar-refractivity contribution in [1.29, 1.82) is 0 Å². The first kappa shape index (κ1) is 9.97. The maximum absolute atomic E-state index is 11.9. The maximum atomic E-state index is 11.9. The van der Waals surface area contributed by atoms with Gasteiger partial charge in [0, 0.05) is 13.0 Å². The van der Waals surface area contributed by atoms with Gasteiger partial charge in [0.05, 0.1) is 6.17 Å². The average Bonchev–Trinajstić information content (AvgIpc) is 2.54. The second-order valence-electron chi connectivity index (χ2n) is 5.29. The largest absolute Gasteiger partial charge is 0.327 e. The van der Waals surface area contributed by atoms with E-state index in [1.54, 1.807) is 0 Å². The molecule has 2 heterocycles. The Morgan fingerprint density at radius 1 is 1.50 bits per heavy atom. The molecule has 2 rings (SSSR count). The van der Waals surface area contributed by atoms with Crippen LogP contribution in [0.4, 0.5) is 0 Å². The summed E-state index contributed by atoms with van der Waals surface area (Å²) in [5.41, 5.74) is 0.214. The second-order valence-corrected chi connectivity index (χ2v) is 5.29. The minimum Gasteiger partial charge on any atom is -0.327 e. The van der Waals surface area contributed by atoms with E-state index in [1.165, 1.54) is 6.42 Å². The fourth-order valence-electron chi connectivity index (χ4n) is 2.41. The van der Waals surface area contributed by atoms with E-state index in [0.29, 0.717) is 18.5 Å². The molecule has 1 amide bonds. The molecule has 0 aromatic rings. The summed E-state index contributed by atoms with van der Waals surface area (Å²) in [7, 11) is 0. The molecule has 3 heteroatoms. The highest BCUT2D eigenvalue weighted by Crippen LogP contribution is 2.32. The minimum absolute atomic E-state index is 0.214. The molecule has 14 heavy (non-hydrogen) atoms. The smallest absolute Gasteiger partial charge is 0.224 e. The summed E-state index contributed by atoms with van der Waals surface area (Å²) in [5.74, 6) is 0.334. The van der Waals surface area contributed by atoms with Gasteiger partial charge in [-0.05, 0) is 31.2 Å². The van der Waals surface area contributed by atoms with Crippen LogP contribution in [-0.4, -0.2) is 30.1 Å². The zero-order valence-electron chi connectivity index (χ0n) is 9.18. The number of carbonyl (C=O) groups excluding carboxylic acids is 1. The van der Waals surface area contributed by atoms with Crippen LogP contribution in [0.15, 0.2) is 0 Å². The Labute approximate surface area is 85.8 Å². The highest BCUT2D eigenvalue weighted by Gasteiger charge is 2.35. The van der Waals surface area contributed by atoms with E-state index >= 15 is 0 Å². The summed E-state index contributed by atoms with van der Waals surface area (Å²) < 4.78 is 0. The molecule has 3 nitrogen and oxygen atoms in total. The maximum Gasteiger partial charge on any atom is 0.224 e. The van der Waals surface area contributed by atoms with E-state index < -0.39 is 0 Å². The quantitative estimate of drug-likeness (QED) is 0.686. The molecule has 1 unspecified atom stereocenters. The average molecular weight is 196 g/mol. The highest BCUT2D eigenvalue weighted by molar-refractivity contribution is 5.78. The normalized spacial score (nSPS) is 32.3. The molecule has 0 aliphatic carbocycles. The predicted molar refractivity (Wildman–Crippen MR) is 55.8 cm³/mol. The van der Waals surface area contributed by atoms with E-state index in [-0.39, 0.29) is 5.41 Å². The number of piperidine rings is 1. The van der Waals surface area contributed by atoms with Gasteiger partial charge in [0.2, 0.25) is 5.91 Å². The van der Waals surface area contributed by atoms with E-state index in [2.05, 4.69) is 19.2 Å². The number of nitrogens with one attached hydrogen (secondary N) is 1. The summed E-state index contributed by atoms with van der Waals surface area (Å²) >= 11 is 0. The van der Waals surface area contributed by atoms with Crippen LogP contribution < -0.4 is 5.32 Å². The van der Waals surface area contributed by atoms with Gasteiger partial charge < -0.3 is 4.90 Å². The lowest BCUT2D eigenvalue weighted by Crippen LogP contribution is -2.51. The number of likely N-dealkylation sites (tertiary alicyclic amines) is 1.